The number of nitrogens with zero attached hydrogens (tertiary/aromatic N) is 5. The van der Waals surface area contributed by atoms with Crippen LogP contribution in [0.4, 0.5) is 5.69 Å². The van der Waals surface area contributed by atoms with Crippen LogP contribution < -0.4 is 4.90 Å². The van der Waals surface area contributed by atoms with Crippen LogP contribution in [0.2, 0.25) is 0 Å². The minimum absolute atomic E-state index is 0.0250. The zero-order valence-electron chi connectivity index (χ0n) is 19.0. The molecule has 1 aromatic carbocycles. The highest BCUT2D eigenvalue weighted by molar-refractivity contribution is 6.23. The number of benzene rings is 1. The summed E-state index contributed by atoms with van der Waals surface area (Å²) in [7, 11) is 0. The van der Waals surface area contributed by atoms with Gasteiger partial charge in [-0.2, -0.15) is 0 Å². The van der Waals surface area contributed by atoms with Crippen molar-refractivity contribution in [3.63, 3.8) is 0 Å². The molecule has 0 aliphatic carbocycles. The molecule has 3 aliphatic heterocycles. The smallest absolute Gasteiger partial charge is 0.264 e. The molecule has 2 aromatic rings. The number of anilines is 1. The van der Waals surface area contributed by atoms with Crippen LogP contribution in [0.15, 0.2) is 22.8 Å². The van der Waals surface area contributed by atoms with Gasteiger partial charge >= 0.3 is 0 Å². The van der Waals surface area contributed by atoms with Crippen LogP contribution in [0.25, 0.3) is 0 Å². The van der Waals surface area contributed by atoms with Gasteiger partial charge in [0, 0.05) is 26.2 Å². The molecule has 3 aliphatic rings. The summed E-state index contributed by atoms with van der Waals surface area (Å²) < 4.78 is 4.72. The van der Waals surface area contributed by atoms with Gasteiger partial charge in [-0.05, 0) is 44.7 Å². The number of rotatable bonds is 4. The quantitative estimate of drug-likeness (QED) is 0.659. The number of aromatic nitrogens is 2. The molecule has 0 saturated carbocycles. The maximum Gasteiger partial charge on any atom is 0.264 e. The molecule has 5 rings (SSSR count). The number of carbonyl (C=O) groups is 3. The van der Waals surface area contributed by atoms with Gasteiger partial charge in [-0.3, -0.25) is 19.3 Å². The van der Waals surface area contributed by atoms with Gasteiger partial charge in [-0.25, -0.2) is 4.63 Å². The van der Waals surface area contributed by atoms with Crippen molar-refractivity contribution in [3.05, 3.63) is 40.7 Å². The van der Waals surface area contributed by atoms with Gasteiger partial charge in [0.25, 0.3) is 11.8 Å². The van der Waals surface area contributed by atoms with Gasteiger partial charge in [0.15, 0.2) is 0 Å². The van der Waals surface area contributed by atoms with Crippen molar-refractivity contribution in [2.75, 3.05) is 31.1 Å². The predicted octanol–water partition coefficient (Wildman–Crippen LogP) is 2.79. The number of piperidine rings is 1. The second-order valence-corrected chi connectivity index (χ2v) is 9.22. The zero-order valence-corrected chi connectivity index (χ0v) is 19.0. The first-order valence-corrected chi connectivity index (χ1v) is 11.9. The van der Waals surface area contributed by atoms with Gasteiger partial charge in [0.05, 0.1) is 29.3 Å². The van der Waals surface area contributed by atoms with Crippen molar-refractivity contribution in [3.8, 4) is 0 Å². The van der Waals surface area contributed by atoms with Crippen LogP contribution in [0.1, 0.15) is 70.6 Å². The molecule has 2 saturated heterocycles. The Bertz CT molecular complexity index is 1070. The normalized spacial score (nSPS) is 21.4. The van der Waals surface area contributed by atoms with E-state index in [2.05, 4.69) is 15.2 Å². The maximum atomic E-state index is 13.3. The summed E-state index contributed by atoms with van der Waals surface area (Å²) in [5.74, 6) is -0.533. The van der Waals surface area contributed by atoms with E-state index in [9.17, 15) is 14.4 Å². The summed E-state index contributed by atoms with van der Waals surface area (Å²) >= 11 is 0. The zero-order chi connectivity index (χ0) is 22.9. The van der Waals surface area contributed by atoms with Crippen molar-refractivity contribution < 1.29 is 19.0 Å². The average Bonchev–Trinajstić information content (AvgIpc) is 3.20. The summed E-state index contributed by atoms with van der Waals surface area (Å²) in [5, 5.41) is 7.56. The summed E-state index contributed by atoms with van der Waals surface area (Å²) in [6, 6.07) is 5.39. The first kappa shape index (κ1) is 21.6. The molecule has 2 fully saturated rings. The second kappa shape index (κ2) is 8.96. The molecule has 0 radical (unpaired) electrons. The molecule has 0 spiro atoms. The van der Waals surface area contributed by atoms with Gasteiger partial charge in [-0.1, -0.05) is 29.2 Å². The highest BCUT2D eigenvalue weighted by Crippen LogP contribution is 2.35. The van der Waals surface area contributed by atoms with Gasteiger partial charge in [-0.15, -0.1) is 0 Å². The van der Waals surface area contributed by atoms with E-state index in [0.717, 1.165) is 51.0 Å². The highest BCUT2D eigenvalue weighted by atomic mass is 16.6. The molecular formula is C24H29N5O4. The topological polar surface area (TPSA) is 99.8 Å². The van der Waals surface area contributed by atoms with Gasteiger partial charge < -0.3 is 9.80 Å². The molecule has 33 heavy (non-hydrogen) atoms. The number of hydrogen-bond donors (Lipinski definition) is 0. The van der Waals surface area contributed by atoms with Crippen LogP contribution in [-0.2, 0) is 11.3 Å². The van der Waals surface area contributed by atoms with E-state index in [0.29, 0.717) is 29.1 Å². The Morgan fingerprint density at radius 2 is 1.82 bits per heavy atom. The largest absolute Gasteiger partial charge is 0.370 e. The van der Waals surface area contributed by atoms with E-state index in [-0.39, 0.29) is 30.2 Å². The highest BCUT2D eigenvalue weighted by Gasteiger charge is 2.40. The molecule has 174 valence electrons. The molecule has 0 unspecified atom stereocenters. The summed E-state index contributed by atoms with van der Waals surface area (Å²) in [4.78, 5) is 45.0. The molecular weight excluding hydrogens is 422 g/mol. The molecule has 9 heteroatoms. The third kappa shape index (κ3) is 4.00. The van der Waals surface area contributed by atoms with Crippen LogP contribution in [-0.4, -0.2) is 64.0 Å². The molecule has 0 N–H and O–H groups in total. The van der Waals surface area contributed by atoms with Gasteiger partial charge in [0.1, 0.15) is 11.4 Å². The maximum absolute atomic E-state index is 13.3. The van der Waals surface area contributed by atoms with Crippen molar-refractivity contribution in [2.24, 2.45) is 5.92 Å². The lowest BCUT2D eigenvalue weighted by atomic mass is 9.94. The average molecular weight is 452 g/mol. The van der Waals surface area contributed by atoms with Crippen LogP contribution >= 0.6 is 0 Å². The number of carbonyl (C=O) groups excluding carboxylic acids is 3. The Balaban J connectivity index is 1.37. The van der Waals surface area contributed by atoms with Crippen LogP contribution in [0.5, 0.6) is 0 Å². The Labute approximate surface area is 192 Å². The van der Waals surface area contributed by atoms with Gasteiger partial charge in [0.2, 0.25) is 5.91 Å². The Hall–Kier alpha value is -3.23. The van der Waals surface area contributed by atoms with E-state index in [1.54, 1.807) is 13.0 Å². The molecule has 3 amide bonds. The van der Waals surface area contributed by atoms with E-state index in [1.165, 1.54) is 17.7 Å². The summed E-state index contributed by atoms with van der Waals surface area (Å²) in [6.07, 6.45) is 6.26. The first-order chi connectivity index (χ1) is 16.0. The van der Waals surface area contributed by atoms with Crippen molar-refractivity contribution >= 4 is 23.4 Å². The molecule has 4 heterocycles. The Morgan fingerprint density at radius 1 is 1.03 bits per heavy atom. The number of aryl methyl sites for hydroxylation is 1. The van der Waals surface area contributed by atoms with Crippen molar-refractivity contribution in [1.82, 2.24) is 20.1 Å². The van der Waals surface area contributed by atoms with E-state index < -0.39 is 0 Å². The monoisotopic (exact) mass is 451 g/mol. The fourth-order valence-electron chi connectivity index (χ4n) is 5.21. The third-order valence-electron chi connectivity index (χ3n) is 7.06. The number of amides is 3. The second-order valence-electron chi connectivity index (χ2n) is 9.22. The number of fused-ring (bicyclic) bond motifs is 1. The molecule has 9 nitrogen and oxygen atoms in total. The molecule has 0 bridgehead atoms. The fourth-order valence-corrected chi connectivity index (χ4v) is 5.21. The van der Waals surface area contributed by atoms with Crippen molar-refractivity contribution in [2.45, 2.75) is 52.0 Å². The van der Waals surface area contributed by atoms with Crippen LogP contribution in [0.3, 0.4) is 0 Å². The number of likely N-dealkylation sites (tertiary alicyclic amines) is 1. The van der Waals surface area contributed by atoms with E-state index in [1.807, 2.05) is 17.0 Å². The lowest BCUT2D eigenvalue weighted by Crippen LogP contribution is -2.45. The number of hydrogen-bond acceptors (Lipinski definition) is 7. The predicted molar refractivity (Wildman–Crippen MR) is 120 cm³/mol. The lowest BCUT2D eigenvalue weighted by molar-refractivity contribution is -0.135. The van der Waals surface area contributed by atoms with E-state index in [4.69, 9.17) is 4.63 Å². The minimum atomic E-state index is -0.339. The third-order valence-corrected chi connectivity index (χ3v) is 7.06. The number of imide groups is 1. The fraction of sp³-hybridized carbons (Fsp3) is 0.542. The first-order valence-electron chi connectivity index (χ1n) is 11.9. The van der Waals surface area contributed by atoms with Crippen LogP contribution in [0, 0.1) is 12.8 Å². The molecule has 1 aromatic heterocycles. The minimum Gasteiger partial charge on any atom is -0.370 e. The lowest BCUT2D eigenvalue weighted by Gasteiger charge is -2.36. The summed E-state index contributed by atoms with van der Waals surface area (Å²) in [5.41, 5.74) is 2.56. The Morgan fingerprint density at radius 3 is 2.55 bits per heavy atom. The standard InChI is InChI=1S/C24H29N5O4/c1-16-19(26-33-25-16)15-29-23(31)18-9-6-10-20(21(18)24(29)32)28-13-7-8-17(14-28)22(30)27-11-4-2-3-5-12-27/h6,9-10,17H,2-5,7-8,11-15H2,1H3/t17-/m0/s1. The molecule has 1 atom stereocenters. The Kier molecular flexibility index (Phi) is 5.86. The SMILES string of the molecule is Cc1nonc1CN1C(=O)c2cccc(N3CCC[C@H](C(=O)N4CCCCCC4)C3)c2C1=O. The van der Waals surface area contributed by atoms with E-state index >= 15 is 0 Å². The summed E-state index contributed by atoms with van der Waals surface area (Å²) in [6.45, 7) is 4.76. The van der Waals surface area contributed by atoms with Crippen molar-refractivity contribution in [1.29, 1.82) is 0 Å².